The Morgan fingerprint density at radius 3 is 2.26 bits per heavy atom. The molecule has 2 aromatic rings. The zero-order valence-electron chi connectivity index (χ0n) is 9.59. The van der Waals surface area contributed by atoms with Gasteiger partial charge < -0.3 is 0 Å². The summed E-state index contributed by atoms with van der Waals surface area (Å²) in [7, 11) is 0. The summed E-state index contributed by atoms with van der Waals surface area (Å²) in [5.74, 6) is -1.76. The van der Waals surface area contributed by atoms with Gasteiger partial charge in [0.2, 0.25) is 0 Å². The quantitative estimate of drug-likeness (QED) is 0.681. The van der Waals surface area contributed by atoms with Crippen LogP contribution in [-0.4, -0.2) is 5.78 Å². The van der Waals surface area contributed by atoms with Crippen LogP contribution in [0.5, 0.6) is 0 Å². The van der Waals surface area contributed by atoms with Crippen molar-refractivity contribution in [2.75, 3.05) is 0 Å². The molecule has 2 rings (SSSR count). The zero-order valence-corrected chi connectivity index (χ0v) is 12.8. The number of carbonyl (C=O) groups excluding carboxylic acids is 1. The largest absolute Gasteiger partial charge is 0.294 e. The van der Waals surface area contributed by atoms with Crippen LogP contribution < -0.4 is 0 Å². The number of hydrogen-bond donors (Lipinski definition) is 0. The molecule has 0 aliphatic rings. The van der Waals surface area contributed by atoms with Gasteiger partial charge in [-0.3, -0.25) is 4.79 Å². The molecule has 0 spiro atoms. The summed E-state index contributed by atoms with van der Waals surface area (Å²) in [6.07, 6.45) is -0.307. The van der Waals surface area contributed by atoms with Crippen molar-refractivity contribution in [1.82, 2.24) is 0 Å². The first-order chi connectivity index (χ1) is 8.99. The van der Waals surface area contributed by atoms with Crippen molar-refractivity contribution in [1.29, 1.82) is 0 Å². The van der Waals surface area contributed by atoms with Gasteiger partial charge in [-0.2, -0.15) is 0 Å². The van der Waals surface area contributed by atoms with Crippen LogP contribution in [0.2, 0.25) is 0 Å². The number of ketones is 1. The van der Waals surface area contributed by atoms with Crippen molar-refractivity contribution in [3.05, 3.63) is 68.1 Å². The molecule has 0 saturated heterocycles. The van der Waals surface area contributed by atoms with Crippen molar-refractivity contribution in [3.8, 4) is 0 Å². The first-order valence-electron chi connectivity index (χ1n) is 5.40. The van der Waals surface area contributed by atoms with Gasteiger partial charge in [-0.1, -0.05) is 37.9 Å². The molecule has 0 heterocycles. The lowest BCUT2D eigenvalue weighted by Crippen LogP contribution is -2.08. The van der Waals surface area contributed by atoms with Crippen LogP contribution in [0.4, 0.5) is 8.78 Å². The highest BCUT2D eigenvalue weighted by atomic mass is 79.9. The molecule has 98 valence electrons. The number of hydrogen-bond acceptors (Lipinski definition) is 1. The lowest BCUT2D eigenvalue weighted by atomic mass is 10.0. The van der Waals surface area contributed by atoms with Gasteiger partial charge in [-0.05, 0) is 30.3 Å². The van der Waals surface area contributed by atoms with Gasteiger partial charge in [0.05, 0.1) is 0 Å². The Morgan fingerprint density at radius 1 is 1.05 bits per heavy atom. The van der Waals surface area contributed by atoms with Gasteiger partial charge >= 0.3 is 0 Å². The average Bonchev–Trinajstić information content (AvgIpc) is 2.33. The predicted molar refractivity (Wildman–Crippen MR) is 76.2 cm³/mol. The van der Waals surface area contributed by atoms with E-state index >= 15 is 0 Å². The van der Waals surface area contributed by atoms with Gasteiger partial charge in [0.1, 0.15) is 11.6 Å². The van der Waals surface area contributed by atoms with Gasteiger partial charge in [0.15, 0.2) is 5.78 Å². The minimum atomic E-state index is -0.707. The van der Waals surface area contributed by atoms with Crippen molar-refractivity contribution in [2.45, 2.75) is 6.42 Å². The van der Waals surface area contributed by atoms with Crippen molar-refractivity contribution < 1.29 is 13.6 Å². The second kappa shape index (κ2) is 5.92. The lowest BCUT2D eigenvalue weighted by Gasteiger charge is -2.06. The molecular weight excluding hydrogens is 382 g/mol. The number of carbonyl (C=O) groups is 1. The van der Waals surface area contributed by atoms with E-state index in [1.807, 2.05) is 0 Å². The van der Waals surface area contributed by atoms with Crippen molar-refractivity contribution >= 4 is 37.6 Å². The maximum Gasteiger partial charge on any atom is 0.168 e. The maximum absolute atomic E-state index is 13.5. The molecule has 0 radical (unpaired) electrons. The normalized spacial score (nSPS) is 10.5. The Hall–Kier alpha value is -1.07. The fraction of sp³-hybridized carbons (Fsp3) is 0.0714. The van der Waals surface area contributed by atoms with E-state index in [0.29, 0.717) is 10.0 Å². The van der Waals surface area contributed by atoms with Crippen LogP contribution in [0.1, 0.15) is 15.9 Å². The van der Waals surface area contributed by atoms with E-state index in [2.05, 4.69) is 31.9 Å². The molecule has 5 heteroatoms. The topological polar surface area (TPSA) is 17.1 Å². The van der Waals surface area contributed by atoms with E-state index in [0.717, 1.165) is 16.6 Å². The molecule has 1 nitrogen and oxygen atoms in total. The van der Waals surface area contributed by atoms with Gasteiger partial charge in [0.25, 0.3) is 0 Å². The van der Waals surface area contributed by atoms with Crippen LogP contribution in [0.15, 0.2) is 45.3 Å². The van der Waals surface area contributed by atoms with Crippen LogP contribution >= 0.6 is 31.9 Å². The molecule has 0 fully saturated rings. The van der Waals surface area contributed by atoms with E-state index in [-0.39, 0.29) is 17.8 Å². The number of benzene rings is 2. The van der Waals surface area contributed by atoms with Crippen LogP contribution in [-0.2, 0) is 6.42 Å². The molecule has 0 bridgehead atoms. The molecule has 0 aromatic heterocycles. The van der Waals surface area contributed by atoms with Crippen LogP contribution in [0, 0.1) is 11.6 Å². The third-order valence-corrected chi connectivity index (χ3v) is 3.78. The monoisotopic (exact) mass is 388 g/mol. The molecule has 0 unspecified atom stereocenters. The Bertz CT molecular complexity index is 621. The Morgan fingerprint density at radius 2 is 1.68 bits per heavy atom. The highest BCUT2D eigenvalue weighted by Gasteiger charge is 2.16. The van der Waals surface area contributed by atoms with Gasteiger partial charge in [-0.15, -0.1) is 0 Å². The van der Waals surface area contributed by atoms with Crippen molar-refractivity contribution in [2.24, 2.45) is 0 Å². The molecule has 0 aliphatic carbocycles. The fourth-order valence-electron chi connectivity index (χ4n) is 1.67. The lowest BCUT2D eigenvalue weighted by molar-refractivity contribution is 0.0990. The second-order valence-corrected chi connectivity index (χ2v) is 5.69. The summed E-state index contributed by atoms with van der Waals surface area (Å²) in [5.41, 5.74) is 0.188. The molecule has 0 saturated carbocycles. The maximum atomic E-state index is 13.5. The highest BCUT2D eigenvalue weighted by molar-refractivity contribution is 9.11. The minimum absolute atomic E-state index is 0.206. The number of Topliss-reactive ketones (excluding diaryl/α,β-unsaturated/α-hetero) is 1. The third kappa shape index (κ3) is 3.28. The van der Waals surface area contributed by atoms with Crippen LogP contribution in [0.25, 0.3) is 0 Å². The van der Waals surface area contributed by atoms with E-state index in [4.69, 9.17) is 0 Å². The molecule has 0 atom stereocenters. The summed E-state index contributed by atoms with van der Waals surface area (Å²) < 4.78 is 28.4. The fourth-order valence-corrected chi connectivity index (χ4v) is 2.94. The van der Waals surface area contributed by atoms with Gasteiger partial charge in [-0.25, -0.2) is 8.78 Å². The first-order valence-corrected chi connectivity index (χ1v) is 6.99. The van der Waals surface area contributed by atoms with Gasteiger partial charge in [0, 0.05) is 26.5 Å². The standard InChI is InChI=1S/C14H8Br2F2O/c15-8-4-5-9(11(16)6-8)14(19)7-10-12(17)2-1-3-13(10)18/h1-6H,7H2. The number of halogens is 4. The average molecular weight is 390 g/mol. The molecule has 0 aliphatic heterocycles. The molecule has 2 aromatic carbocycles. The highest BCUT2D eigenvalue weighted by Crippen LogP contribution is 2.24. The van der Waals surface area contributed by atoms with E-state index in [1.165, 1.54) is 6.07 Å². The van der Waals surface area contributed by atoms with E-state index in [1.54, 1.807) is 18.2 Å². The Kier molecular flexibility index (Phi) is 4.47. The molecule has 19 heavy (non-hydrogen) atoms. The summed E-state index contributed by atoms with van der Waals surface area (Å²) in [6.45, 7) is 0. The van der Waals surface area contributed by atoms with Crippen molar-refractivity contribution in [3.63, 3.8) is 0 Å². The SMILES string of the molecule is O=C(Cc1c(F)cccc1F)c1ccc(Br)cc1Br. The Balaban J connectivity index is 2.31. The van der Waals surface area contributed by atoms with E-state index in [9.17, 15) is 13.6 Å². The van der Waals surface area contributed by atoms with E-state index < -0.39 is 11.6 Å². The molecule has 0 N–H and O–H groups in total. The summed E-state index contributed by atoms with van der Waals surface area (Å²) in [4.78, 5) is 12.1. The van der Waals surface area contributed by atoms with Crippen LogP contribution in [0.3, 0.4) is 0 Å². The predicted octanol–water partition coefficient (Wildman–Crippen LogP) is 4.92. The molecule has 0 amide bonds. The summed E-state index contributed by atoms with van der Waals surface area (Å²) in [6, 6.07) is 8.58. The number of rotatable bonds is 3. The second-order valence-electron chi connectivity index (χ2n) is 3.92. The smallest absolute Gasteiger partial charge is 0.168 e. The first kappa shape index (κ1) is 14.3. The molecular formula is C14H8Br2F2O. The Labute approximate surface area is 125 Å². The zero-order chi connectivity index (χ0) is 14.0. The summed E-state index contributed by atoms with van der Waals surface area (Å²) >= 11 is 6.53. The minimum Gasteiger partial charge on any atom is -0.294 e. The third-order valence-electron chi connectivity index (χ3n) is 2.63. The summed E-state index contributed by atoms with van der Waals surface area (Å²) in [5, 5.41) is 0.